The molecule has 2 atom stereocenters. The van der Waals surface area contributed by atoms with Crippen LogP contribution in [0.15, 0.2) is 78.0 Å². The largest absolute Gasteiger partial charge is 0.486 e. The SMILES string of the molecule is CC(C)c1ccccc1[C@H]1COCCN1C1CC2(CCN(c3ccc(C(=O)NS(=O)(=O)c4cc5c(c([N+](=O)[O-])c4)O[C@H](C[C@H]4CC[C@](C)(O)CC4)CO5)c(Oc4cnc5[nH]cc(F)c5c4)c3)CC2)C1. The highest BCUT2D eigenvalue weighted by Gasteiger charge is 2.50. The monoisotopic (exact) mass is 966 g/mol. The van der Waals surface area contributed by atoms with Gasteiger partial charge in [0.1, 0.15) is 35.7 Å². The average Bonchev–Trinajstić information content (AvgIpc) is 3.70. The number of ether oxygens (including phenoxy) is 4. The summed E-state index contributed by atoms with van der Waals surface area (Å²) in [7, 11) is -4.75. The maximum atomic E-state index is 14.7. The second-order valence-corrected chi connectivity index (χ2v) is 22.0. The van der Waals surface area contributed by atoms with E-state index in [-0.39, 0.29) is 57.9 Å². The van der Waals surface area contributed by atoms with E-state index in [1.165, 1.54) is 35.7 Å². The predicted molar refractivity (Wildman–Crippen MR) is 255 cm³/mol. The molecule has 2 aliphatic carbocycles. The van der Waals surface area contributed by atoms with Crippen LogP contribution in [0.3, 0.4) is 0 Å². The van der Waals surface area contributed by atoms with E-state index in [0.717, 1.165) is 82.6 Å². The number of hydrogen-bond acceptors (Lipinski definition) is 13. The van der Waals surface area contributed by atoms with E-state index < -0.39 is 49.0 Å². The van der Waals surface area contributed by atoms with Gasteiger partial charge in [-0.1, -0.05) is 38.1 Å². The zero-order valence-corrected chi connectivity index (χ0v) is 39.9. The number of nitro benzene ring substituents is 1. The first-order chi connectivity index (χ1) is 33.0. The number of nitrogens with zero attached hydrogens (tertiary/aromatic N) is 4. The highest BCUT2D eigenvalue weighted by molar-refractivity contribution is 7.90. The Hall–Kier alpha value is -5.82. The summed E-state index contributed by atoms with van der Waals surface area (Å²) in [6.07, 6.45) is 9.57. The number of sulfonamides is 1. The summed E-state index contributed by atoms with van der Waals surface area (Å²) in [5, 5.41) is 22.9. The molecule has 0 bridgehead atoms. The van der Waals surface area contributed by atoms with Crippen LogP contribution >= 0.6 is 0 Å². The van der Waals surface area contributed by atoms with Crippen LogP contribution in [0.2, 0.25) is 0 Å². The van der Waals surface area contributed by atoms with Crippen molar-refractivity contribution in [2.75, 3.05) is 44.4 Å². The van der Waals surface area contributed by atoms with Gasteiger partial charge in [-0.25, -0.2) is 22.5 Å². The van der Waals surface area contributed by atoms with Gasteiger partial charge in [0.15, 0.2) is 5.75 Å². The number of anilines is 1. The number of amides is 1. The minimum atomic E-state index is -4.75. The fourth-order valence-electron chi connectivity index (χ4n) is 11.3. The van der Waals surface area contributed by atoms with Gasteiger partial charge in [0, 0.05) is 55.8 Å². The predicted octanol–water partition coefficient (Wildman–Crippen LogP) is 8.94. The van der Waals surface area contributed by atoms with Crippen LogP contribution in [0.4, 0.5) is 15.8 Å². The van der Waals surface area contributed by atoms with Gasteiger partial charge >= 0.3 is 5.69 Å². The Morgan fingerprint density at radius 2 is 1.83 bits per heavy atom. The molecular weight excluding hydrogens is 908 g/mol. The van der Waals surface area contributed by atoms with Crippen LogP contribution in [-0.2, 0) is 14.8 Å². The van der Waals surface area contributed by atoms with Gasteiger partial charge in [-0.05, 0) is 111 Å². The topological polar surface area (TPSA) is 199 Å². The second kappa shape index (κ2) is 18.5. The Morgan fingerprint density at radius 3 is 2.58 bits per heavy atom. The molecule has 4 fully saturated rings. The van der Waals surface area contributed by atoms with Crippen LogP contribution in [0.5, 0.6) is 23.0 Å². The van der Waals surface area contributed by atoms with Crippen LogP contribution in [0, 0.1) is 27.3 Å². The number of aromatic nitrogens is 2. The lowest BCUT2D eigenvalue weighted by Gasteiger charge is -2.57. The molecule has 5 heterocycles. The van der Waals surface area contributed by atoms with Gasteiger partial charge in [0.05, 0.1) is 51.8 Å². The van der Waals surface area contributed by atoms with Gasteiger partial charge in [-0.3, -0.25) is 19.8 Å². The Bertz CT molecular complexity index is 2860. The lowest BCUT2D eigenvalue weighted by Crippen LogP contribution is -2.58. The maximum Gasteiger partial charge on any atom is 0.316 e. The molecule has 1 spiro atoms. The molecule has 0 radical (unpaired) electrons. The normalized spacial score (nSPS) is 24.0. The van der Waals surface area contributed by atoms with Crippen molar-refractivity contribution in [1.29, 1.82) is 0 Å². The van der Waals surface area contributed by atoms with Crippen LogP contribution in [0.25, 0.3) is 11.0 Å². The number of nitrogens with one attached hydrogen (secondary N) is 2. The molecule has 1 amide bonds. The summed E-state index contributed by atoms with van der Waals surface area (Å²) in [4.78, 5) is 37.1. The number of pyridine rings is 1. The third-order valence-corrected chi connectivity index (χ3v) is 16.6. The Balaban J connectivity index is 0.855. The zero-order chi connectivity index (χ0) is 48.2. The van der Waals surface area contributed by atoms with Crippen LogP contribution < -0.4 is 23.8 Å². The molecule has 2 saturated carbocycles. The summed E-state index contributed by atoms with van der Waals surface area (Å²) in [5.41, 5.74) is 2.50. The molecule has 3 N–H and O–H groups in total. The van der Waals surface area contributed by atoms with Gasteiger partial charge in [0.25, 0.3) is 15.9 Å². The number of carbonyl (C=O) groups is 1. The third-order valence-electron chi connectivity index (χ3n) is 15.3. The van der Waals surface area contributed by atoms with Gasteiger partial charge in [0.2, 0.25) is 5.75 Å². The van der Waals surface area contributed by atoms with Crippen LogP contribution in [0.1, 0.15) is 112 Å². The molecule has 2 saturated heterocycles. The number of H-pyrrole nitrogens is 1. The van der Waals surface area contributed by atoms with Crippen molar-refractivity contribution in [2.24, 2.45) is 11.3 Å². The molecule has 366 valence electrons. The average molecular weight is 967 g/mol. The quantitative estimate of drug-likeness (QED) is 0.0792. The molecule has 5 aromatic rings. The molecule has 16 nitrogen and oxygen atoms in total. The van der Waals surface area contributed by atoms with E-state index in [2.05, 4.69) is 62.6 Å². The molecule has 18 heteroatoms. The van der Waals surface area contributed by atoms with E-state index >= 15 is 0 Å². The van der Waals surface area contributed by atoms with E-state index in [0.29, 0.717) is 43.5 Å². The molecular formula is C51H59FN6O10S. The number of piperidine rings is 1. The number of carbonyl (C=O) groups excluding carboxylic acids is 1. The van der Waals surface area contributed by atoms with E-state index in [4.69, 9.17) is 18.9 Å². The minimum absolute atomic E-state index is 0.00195. The van der Waals surface area contributed by atoms with Crippen molar-refractivity contribution in [3.8, 4) is 23.0 Å². The molecule has 0 unspecified atom stereocenters. The molecule has 69 heavy (non-hydrogen) atoms. The molecule has 3 aromatic carbocycles. The van der Waals surface area contributed by atoms with Crippen molar-refractivity contribution in [1.82, 2.24) is 19.6 Å². The molecule has 2 aromatic heterocycles. The fourth-order valence-corrected chi connectivity index (χ4v) is 12.3. The first-order valence-electron chi connectivity index (χ1n) is 24.1. The standard InChI is InChI=1S/C51H59FN6O10S/c1-31(2)38-6-4-5-7-39(38)44-30-65-19-18-57(44)34-25-51(26-34)14-16-56(17-15-51)33-8-9-40(45(21-33)67-35-22-41-42(52)28-54-48(41)53-27-35)49(59)55-69(63,64)37-23-43(58(61)62)47-46(24-37)66-29-36(68-47)20-32-10-12-50(3,60)13-11-32/h4-9,21-24,27-28,31-32,34,36,44,60H,10-20,25-26,29-30H2,1-3H3,(H,53,54)(H,55,59)/t32-,36-,44-,50-/m1/s1. The second-order valence-electron chi connectivity index (χ2n) is 20.3. The zero-order valence-electron chi connectivity index (χ0n) is 39.1. The number of hydrogen-bond donors (Lipinski definition) is 3. The number of fused-ring (bicyclic) bond motifs is 2. The summed E-state index contributed by atoms with van der Waals surface area (Å²) < 4.78 is 68.9. The Morgan fingerprint density at radius 1 is 1.06 bits per heavy atom. The highest BCUT2D eigenvalue weighted by Crippen LogP contribution is 2.53. The van der Waals surface area contributed by atoms with Crippen molar-refractivity contribution in [3.05, 3.63) is 106 Å². The van der Waals surface area contributed by atoms with Gasteiger partial charge in [-0.2, -0.15) is 0 Å². The lowest BCUT2D eigenvalue weighted by molar-refractivity contribution is -0.386. The number of rotatable bonds is 12. The van der Waals surface area contributed by atoms with Gasteiger partial charge in [-0.15, -0.1) is 0 Å². The third kappa shape index (κ3) is 9.60. The van der Waals surface area contributed by atoms with Crippen molar-refractivity contribution < 1.29 is 46.6 Å². The number of aliphatic hydroxyl groups is 1. The Labute approximate surface area is 400 Å². The summed E-state index contributed by atoms with van der Waals surface area (Å²) >= 11 is 0. The van der Waals surface area contributed by atoms with E-state index in [1.807, 2.05) is 6.92 Å². The molecule has 5 aliphatic rings. The van der Waals surface area contributed by atoms with Crippen LogP contribution in [-0.4, -0.2) is 96.4 Å². The Kier molecular flexibility index (Phi) is 12.6. The van der Waals surface area contributed by atoms with Crippen molar-refractivity contribution in [3.63, 3.8) is 0 Å². The fraction of sp³-hybridized carbons (Fsp3) is 0.490. The van der Waals surface area contributed by atoms with Crippen molar-refractivity contribution >= 4 is 38.3 Å². The van der Waals surface area contributed by atoms with Crippen molar-refractivity contribution in [2.45, 2.75) is 113 Å². The number of benzene rings is 3. The summed E-state index contributed by atoms with van der Waals surface area (Å²) in [6.45, 7) is 10.1. The van der Waals surface area contributed by atoms with E-state index in [1.54, 1.807) is 12.1 Å². The van der Waals surface area contributed by atoms with E-state index in [9.17, 15) is 32.8 Å². The number of aromatic amines is 1. The van der Waals surface area contributed by atoms with Gasteiger partial charge < -0.3 is 33.9 Å². The minimum Gasteiger partial charge on any atom is -0.486 e. The smallest absolute Gasteiger partial charge is 0.316 e. The first kappa shape index (κ1) is 46.9. The number of nitro groups is 1. The summed E-state index contributed by atoms with van der Waals surface area (Å²) in [6, 6.07) is 17.7. The highest BCUT2D eigenvalue weighted by atomic mass is 32.2. The summed E-state index contributed by atoms with van der Waals surface area (Å²) in [5.74, 6) is -1.17. The number of morpholine rings is 1. The first-order valence-corrected chi connectivity index (χ1v) is 25.6. The lowest BCUT2D eigenvalue weighted by atomic mass is 9.59. The molecule has 10 rings (SSSR count). The number of halogens is 1. The maximum absolute atomic E-state index is 14.7. The molecule has 3 aliphatic heterocycles.